The van der Waals surface area contributed by atoms with Crippen molar-refractivity contribution >= 4 is 17.4 Å². The van der Waals surface area contributed by atoms with Crippen molar-refractivity contribution in [2.45, 2.75) is 26.3 Å². The lowest BCUT2D eigenvalue weighted by atomic mass is 10.2. The normalized spacial score (nSPS) is 11.0. The maximum atomic E-state index is 12.2. The smallest absolute Gasteiger partial charge is 0.301 e. The molecule has 0 spiro atoms. The number of aromatic nitrogens is 3. The number of carbonyl (C=O) groups is 1. The number of nitrogens with zero attached hydrogens (tertiary/aromatic N) is 4. The Morgan fingerprint density at radius 2 is 2.32 bits per heavy atom. The van der Waals surface area contributed by atoms with Crippen LogP contribution in [0.2, 0.25) is 0 Å². The van der Waals surface area contributed by atoms with Gasteiger partial charge in [0.2, 0.25) is 0 Å². The Morgan fingerprint density at radius 3 is 2.84 bits per heavy atom. The van der Waals surface area contributed by atoms with Crippen molar-refractivity contribution in [1.82, 2.24) is 14.5 Å². The van der Waals surface area contributed by atoms with E-state index in [2.05, 4.69) is 18.8 Å². The number of rotatable bonds is 3. The SMILES string of the molecule is CC(C)c1nc(CN(C)C(=O)n2cc[n+](C)c2)cs1. The molecule has 0 saturated heterocycles. The maximum absolute atomic E-state index is 12.2. The molecule has 0 bridgehead atoms. The van der Waals surface area contributed by atoms with Gasteiger partial charge in [-0.2, -0.15) is 4.57 Å². The van der Waals surface area contributed by atoms with Crippen LogP contribution in [0.5, 0.6) is 0 Å². The van der Waals surface area contributed by atoms with Crippen LogP contribution < -0.4 is 4.57 Å². The molecule has 0 fully saturated rings. The summed E-state index contributed by atoms with van der Waals surface area (Å²) in [7, 11) is 3.68. The highest BCUT2D eigenvalue weighted by molar-refractivity contribution is 7.09. The highest BCUT2D eigenvalue weighted by Gasteiger charge is 2.18. The summed E-state index contributed by atoms with van der Waals surface area (Å²) in [6, 6.07) is -0.0558. The van der Waals surface area contributed by atoms with Crippen molar-refractivity contribution in [3.05, 3.63) is 34.8 Å². The van der Waals surface area contributed by atoms with E-state index in [0.29, 0.717) is 12.5 Å². The largest absolute Gasteiger partial charge is 0.415 e. The summed E-state index contributed by atoms with van der Waals surface area (Å²) in [5.74, 6) is 0.434. The van der Waals surface area contributed by atoms with Crippen LogP contribution in [-0.2, 0) is 13.6 Å². The lowest BCUT2D eigenvalue weighted by molar-refractivity contribution is -0.670. The molecule has 0 N–H and O–H groups in total. The van der Waals surface area contributed by atoms with Crippen LogP contribution >= 0.6 is 11.3 Å². The Kier molecular flexibility index (Phi) is 3.99. The number of carbonyl (C=O) groups excluding carboxylic acids is 1. The zero-order valence-electron chi connectivity index (χ0n) is 11.7. The van der Waals surface area contributed by atoms with Gasteiger partial charge in [0.15, 0.2) is 0 Å². The maximum Gasteiger partial charge on any atom is 0.415 e. The van der Waals surface area contributed by atoms with Gasteiger partial charge in [-0.05, 0) is 0 Å². The van der Waals surface area contributed by atoms with E-state index >= 15 is 0 Å². The minimum Gasteiger partial charge on any atom is -0.301 e. The van der Waals surface area contributed by atoms with Gasteiger partial charge < -0.3 is 4.90 Å². The van der Waals surface area contributed by atoms with Crippen LogP contribution in [0.4, 0.5) is 4.79 Å². The van der Waals surface area contributed by atoms with E-state index in [0.717, 1.165) is 10.7 Å². The van der Waals surface area contributed by atoms with E-state index in [4.69, 9.17) is 0 Å². The van der Waals surface area contributed by atoms with Crippen LogP contribution in [0.25, 0.3) is 0 Å². The first kappa shape index (κ1) is 13.7. The number of imidazole rings is 1. The van der Waals surface area contributed by atoms with Gasteiger partial charge in [0.05, 0.1) is 24.3 Å². The molecule has 2 aromatic rings. The number of aryl methyl sites for hydroxylation is 1. The molecule has 5 nitrogen and oxygen atoms in total. The fourth-order valence-corrected chi connectivity index (χ4v) is 2.56. The predicted molar refractivity (Wildman–Crippen MR) is 74.1 cm³/mol. The van der Waals surface area contributed by atoms with Gasteiger partial charge >= 0.3 is 6.03 Å². The standard InChI is InChI=1S/C13H19N4OS/c1-10(2)12-14-11(8-19-12)7-16(4)13(18)17-6-5-15(3)9-17/h5-6,8-10H,7H2,1-4H3/q+1. The van der Waals surface area contributed by atoms with Crippen LogP contribution in [0, 0.1) is 0 Å². The quantitative estimate of drug-likeness (QED) is 0.806. The fraction of sp³-hybridized carbons (Fsp3) is 0.462. The van der Waals surface area contributed by atoms with E-state index in [-0.39, 0.29) is 6.03 Å². The van der Waals surface area contributed by atoms with E-state index in [9.17, 15) is 4.79 Å². The first-order chi connectivity index (χ1) is 8.97. The molecule has 6 heteroatoms. The summed E-state index contributed by atoms with van der Waals surface area (Å²) in [4.78, 5) is 18.4. The Hall–Kier alpha value is -1.69. The molecule has 0 saturated carbocycles. The number of hydrogen-bond acceptors (Lipinski definition) is 3. The van der Waals surface area contributed by atoms with E-state index in [1.165, 1.54) is 0 Å². The molecule has 2 aromatic heterocycles. The molecule has 0 unspecified atom stereocenters. The molecule has 0 atom stereocenters. The molecule has 19 heavy (non-hydrogen) atoms. The highest BCUT2D eigenvalue weighted by Crippen LogP contribution is 2.19. The van der Waals surface area contributed by atoms with E-state index in [1.54, 1.807) is 40.4 Å². The molecular weight excluding hydrogens is 260 g/mol. The minimum atomic E-state index is -0.0558. The first-order valence-corrected chi connectivity index (χ1v) is 7.08. The van der Waals surface area contributed by atoms with Crippen molar-refractivity contribution in [3.63, 3.8) is 0 Å². The van der Waals surface area contributed by atoms with Crippen molar-refractivity contribution in [2.75, 3.05) is 7.05 Å². The Balaban J connectivity index is 2.03. The third-order valence-electron chi connectivity index (χ3n) is 2.78. The second-order valence-corrected chi connectivity index (χ2v) is 5.85. The van der Waals surface area contributed by atoms with E-state index < -0.39 is 0 Å². The van der Waals surface area contributed by atoms with Crippen molar-refractivity contribution in [1.29, 1.82) is 0 Å². The number of thiazole rings is 1. The van der Waals surface area contributed by atoms with E-state index in [1.807, 2.05) is 23.2 Å². The molecule has 2 heterocycles. The minimum absolute atomic E-state index is 0.0558. The molecule has 0 radical (unpaired) electrons. The third kappa shape index (κ3) is 3.20. The highest BCUT2D eigenvalue weighted by atomic mass is 32.1. The second-order valence-electron chi connectivity index (χ2n) is 4.96. The third-order valence-corrected chi connectivity index (χ3v) is 3.97. The monoisotopic (exact) mass is 279 g/mol. The Bertz CT molecular complexity index is 573. The molecule has 0 aromatic carbocycles. The summed E-state index contributed by atoms with van der Waals surface area (Å²) in [5, 5.41) is 3.14. The molecule has 0 aliphatic rings. The van der Waals surface area contributed by atoms with Crippen molar-refractivity contribution in [2.24, 2.45) is 7.05 Å². The summed E-state index contributed by atoms with van der Waals surface area (Å²) in [6.45, 7) is 4.78. The van der Waals surface area contributed by atoms with Gasteiger partial charge in [-0.15, -0.1) is 11.3 Å². The molecule has 2 rings (SSSR count). The van der Waals surface area contributed by atoms with Gasteiger partial charge in [-0.3, -0.25) is 0 Å². The second kappa shape index (κ2) is 5.52. The molecular formula is C13H19N4OS+. The zero-order valence-corrected chi connectivity index (χ0v) is 12.5. The van der Waals surface area contributed by atoms with Crippen molar-refractivity contribution < 1.29 is 9.36 Å². The van der Waals surface area contributed by atoms with Gasteiger partial charge in [-0.25, -0.2) is 14.3 Å². The molecule has 0 aliphatic heterocycles. The van der Waals surface area contributed by atoms with Crippen LogP contribution in [0.1, 0.15) is 30.5 Å². The number of hydrogen-bond donors (Lipinski definition) is 0. The molecule has 0 aliphatic carbocycles. The predicted octanol–water partition coefficient (Wildman–Crippen LogP) is 1.99. The van der Waals surface area contributed by atoms with Crippen LogP contribution in [0.3, 0.4) is 0 Å². The van der Waals surface area contributed by atoms with Gasteiger partial charge in [0.25, 0.3) is 6.33 Å². The van der Waals surface area contributed by atoms with Gasteiger partial charge in [0, 0.05) is 18.3 Å². The average molecular weight is 279 g/mol. The average Bonchev–Trinajstić information content (AvgIpc) is 2.97. The zero-order chi connectivity index (χ0) is 14.0. The fourth-order valence-electron chi connectivity index (χ4n) is 1.73. The summed E-state index contributed by atoms with van der Waals surface area (Å²) >= 11 is 1.65. The van der Waals surface area contributed by atoms with Gasteiger partial charge in [-0.1, -0.05) is 13.8 Å². The topological polar surface area (TPSA) is 42.0 Å². The van der Waals surface area contributed by atoms with Crippen molar-refractivity contribution in [3.8, 4) is 0 Å². The number of amides is 1. The Labute approximate surface area is 117 Å². The summed E-state index contributed by atoms with van der Waals surface area (Å²) in [6.07, 6.45) is 5.34. The van der Waals surface area contributed by atoms with Crippen LogP contribution in [-0.4, -0.2) is 27.5 Å². The lowest BCUT2D eigenvalue weighted by Crippen LogP contribution is -2.32. The van der Waals surface area contributed by atoms with Gasteiger partial charge in [0.1, 0.15) is 12.4 Å². The summed E-state index contributed by atoms with van der Waals surface area (Å²) in [5.41, 5.74) is 0.945. The van der Waals surface area contributed by atoms with Crippen LogP contribution in [0.15, 0.2) is 24.1 Å². The molecule has 102 valence electrons. The lowest BCUT2D eigenvalue weighted by Gasteiger charge is -2.12. The Morgan fingerprint density at radius 1 is 1.58 bits per heavy atom. The summed E-state index contributed by atoms with van der Waals surface area (Å²) < 4.78 is 3.40. The molecule has 1 amide bonds. The first-order valence-electron chi connectivity index (χ1n) is 6.20.